The molecule has 0 aliphatic carbocycles. The molecule has 1 N–H and O–H groups in total. The Hall–Kier alpha value is -2.89. The van der Waals surface area contributed by atoms with Crippen molar-refractivity contribution in [3.63, 3.8) is 0 Å². The van der Waals surface area contributed by atoms with Crippen LogP contribution in [-0.2, 0) is 4.79 Å². The molecule has 0 atom stereocenters. The van der Waals surface area contributed by atoms with Crippen molar-refractivity contribution in [1.82, 2.24) is 10.3 Å². The maximum absolute atomic E-state index is 11.7. The van der Waals surface area contributed by atoms with E-state index in [2.05, 4.69) is 10.3 Å². The summed E-state index contributed by atoms with van der Waals surface area (Å²) in [7, 11) is 0. The van der Waals surface area contributed by atoms with Gasteiger partial charge < -0.3 is 4.74 Å². The Balaban J connectivity index is 1.72. The predicted octanol–water partition coefficient (Wildman–Crippen LogP) is 2.32. The summed E-state index contributed by atoms with van der Waals surface area (Å²) >= 11 is 0. The summed E-state index contributed by atoms with van der Waals surface area (Å²) in [5.74, 6) is 0.880. The van der Waals surface area contributed by atoms with Gasteiger partial charge in [-0.25, -0.2) is 9.78 Å². The number of carbonyl (C=O) groups excluding carboxylic acids is 2. The molecule has 2 aromatic rings. The van der Waals surface area contributed by atoms with Gasteiger partial charge in [-0.1, -0.05) is 18.2 Å². The Bertz CT molecular complexity index is 656. The number of pyridine rings is 1. The Morgan fingerprint density at radius 2 is 1.90 bits per heavy atom. The molecule has 1 aromatic carbocycles. The second-order valence-electron chi connectivity index (χ2n) is 4.52. The molecule has 1 saturated heterocycles. The van der Waals surface area contributed by atoms with Gasteiger partial charge in [-0.05, 0) is 18.2 Å². The van der Waals surface area contributed by atoms with Gasteiger partial charge in [-0.3, -0.25) is 15.0 Å². The molecule has 3 amide bonds. The molecule has 1 aliphatic rings. The van der Waals surface area contributed by atoms with Crippen LogP contribution in [0.15, 0.2) is 48.7 Å². The standard InChI is InChI=1S/C15H13N3O3/c19-13-8-9-18(15(20)17-13)11-6-7-14(16-10-11)21-12-4-2-1-3-5-12/h1-7,10H,8-9H2,(H,17,19,20). The molecule has 0 bridgehead atoms. The third-order valence-electron chi connectivity index (χ3n) is 3.05. The lowest BCUT2D eigenvalue weighted by Crippen LogP contribution is -2.49. The van der Waals surface area contributed by atoms with Crippen LogP contribution in [0, 0.1) is 0 Å². The molecule has 0 spiro atoms. The second kappa shape index (κ2) is 5.62. The fourth-order valence-electron chi connectivity index (χ4n) is 2.01. The number of benzene rings is 1. The number of amides is 3. The Labute approximate surface area is 121 Å². The van der Waals surface area contributed by atoms with Crippen molar-refractivity contribution in [3.8, 4) is 11.6 Å². The Morgan fingerprint density at radius 3 is 2.57 bits per heavy atom. The van der Waals surface area contributed by atoms with Crippen LogP contribution in [0.3, 0.4) is 0 Å². The van der Waals surface area contributed by atoms with Crippen molar-refractivity contribution in [2.45, 2.75) is 6.42 Å². The molecule has 1 aliphatic heterocycles. The molecule has 106 valence electrons. The number of nitrogens with one attached hydrogen (secondary N) is 1. The maximum Gasteiger partial charge on any atom is 0.328 e. The largest absolute Gasteiger partial charge is 0.439 e. The summed E-state index contributed by atoms with van der Waals surface area (Å²) in [5, 5.41) is 2.27. The molecule has 1 aromatic heterocycles. The molecule has 1 fully saturated rings. The van der Waals surface area contributed by atoms with Crippen molar-refractivity contribution in [2.24, 2.45) is 0 Å². The zero-order valence-electron chi connectivity index (χ0n) is 11.2. The number of aromatic nitrogens is 1. The van der Waals surface area contributed by atoms with E-state index in [1.807, 2.05) is 30.3 Å². The van der Waals surface area contributed by atoms with E-state index in [0.29, 0.717) is 23.9 Å². The number of carbonyl (C=O) groups is 2. The molecule has 21 heavy (non-hydrogen) atoms. The van der Waals surface area contributed by atoms with E-state index in [-0.39, 0.29) is 12.3 Å². The van der Waals surface area contributed by atoms with Crippen molar-refractivity contribution < 1.29 is 14.3 Å². The van der Waals surface area contributed by atoms with E-state index in [9.17, 15) is 9.59 Å². The highest BCUT2D eigenvalue weighted by Crippen LogP contribution is 2.22. The van der Waals surface area contributed by atoms with Crippen LogP contribution in [0.25, 0.3) is 0 Å². The first-order valence-corrected chi connectivity index (χ1v) is 6.53. The van der Waals surface area contributed by atoms with Crippen molar-refractivity contribution in [3.05, 3.63) is 48.7 Å². The van der Waals surface area contributed by atoms with Gasteiger partial charge in [0.1, 0.15) is 5.75 Å². The minimum Gasteiger partial charge on any atom is -0.439 e. The number of hydrogen-bond donors (Lipinski definition) is 1. The number of urea groups is 1. The Kier molecular flexibility index (Phi) is 3.51. The summed E-state index contributed by atoms with van der Waals surface area (Å²) < 4.78 is 5.58. The number of anilines is 1. The molecule has 0 saturated carbocycles. The first kappa shape index (κ1) is 13.1. The maximum atomic E-state index is 11.7. The first-order chi connectivity index (χ1) is 10.2. The SMILES string of the molecule is O=C1CCN(c2ccc(Oc3ccccc3)nc2)C(=O)N1. The average molecular weight is 283 g/mol. The van der Waals surface area contributed by atoms with Gasteiger partial charge in [-0.2, -0.15) is 0 Å². The number of rotatable bonds is 3. The number of nitrogens with zero attached hydrogens (tertiary/aromatic N) is 2. The van der Waals surface area contributed by atoms with Crippen LogP contribution in [0.1, 0.15) is 6.42 Å². The lowest BCUT2D eigenvalue weighted by molar-refractivity contribution is -0.120. The second-order valence-corrected chi connectivity index (χ2v) is 4.52. The predicted molar refractivity (Wildman–Crippen MR) is 76.3 cm³/mol. The van der Waals surface area contributed by atoms with Gasteiger partial charge in [-0.15, -0.1) is 0 Å². The molecular formula is C15H13N3O3. The number of para-hydroxylation sites is 1. The fraction of sp³-hybridized carbons (Fsp3) is 0.133. The highest BCUT2D eigenvalue weighted by atomic mass is 16.5. The number of hydrogen-bond acceptors (Lipinski definition) is 4. The van der Waals surface area contributed by atoms with Gasteiger partial charge in [0.2, 0.25) is 11.8 Å². The topological polar surface area (TPSA) is 71.5 Å². The van der Waals surface area contributed by atoms with Crippen molar-refractivity contribution in [1.29, 1.82) is 0 Å². The van der Waals surface area contributed by atoms with Crippen molar-refractivity contribution >= 4 is 17.6 Å². The Morgan fingerprint density at radius 1 is 1.10 bits per heavy atom. The van der Waals surface area contributed by atoms with E-state index in [0.717, 1.165) is 0 Å². The third-order valence-corrected chi connectivity index (χ3v) is 3.05. The smallest absolute Gasteiger partial charge is 0.328 e. The van der Waals surface area contributed by atoms with Crippen LogP contribution in [-0.4, -0.2) is 23.5 Å². The van der Waals surface area contributed by atoms with Crippen LogP contribution < -0.4 is 15.0 Å². The van der Waals surface area contributed by atoms with Gasteiger partial charge in [0.15, 0.2) is 0 Å². The molecular weight excluding hydrogens is 270 g/mol. The third kappa shape index (κ3) is 3.00. The van der Waals surface area contributed by atoms with Crippen LogP contribution >= 0.6 is 0 Å². The molecule has 2 heterocycles. The quantitative estimate of drug-likeness (QED) is 0.938. The van der Waals surface area contributed by atoms with E-state index < -0.39 is 6.03 Å². The molecule has 6 nitrogen and oxygen atoms in total. The van der Waals surface area contributed by atoms with E-state index in [1.54, 1.807) is 18.3 Å². The van der Waals surface area contributed by atoms with Gasteiger partial charge in [0.05, 0.1) is 11.9 Å². The summed E-state index contributed by atoms with van der Waals surface area (Å²) in [5.41, 5.74) is 0.625. The number of ether oxygens (including phenoxy) is 1. The van der Waals surface area contributed by atoms with E-state index >= 15 is 0 Å². The molecule has 3 rings (SSSR count). The fourth-order valence-corrected chi connectivity index (χ4v) is 2.01. The minimum absolute atomic E-state index is 0.256. The average Bonchev–Trinajstić information content (AvgIpc) is 2.49. The zero-order valence-corrected chi connectivity index (χ0v) is 11.2. The highest BCUT2D eigenvalue weighted by Gasteiger charge is 2.24. The van der Waals surface area contributed by atoms with Gasteiger partial charge in [0, 0.05) is 19.0 Å². The van der Waals surface area contributed by atoms with Gasteiger partial charge >= 0.3 is 6.03 Å². The molecule has 0 radical (unpaired) electrons. The number of imide groups is 1. The van der Waals surface area contributed by atoms with E-state index in [1.165, 1.54) is 4.90 Å². The van der Waals surface area contributed by atoms with Crippen LogP contribution in [0.2, 0.25) is 0 Å². The molecule has 6 heteroatoms. The van der Waals surface area contributed by atoms with E-state index in [4.69, 9.17) is 4.74 Å². The lowest BCUT2D eigenvalue weighted by Gasteiger charge is -2.26. The zero-order chi connectivity index (χ0) is 14.7. The van der Waals surface area contributed by atoms with Gasteiger partial charge in [0.25, 0.3) is 0 Å². The summed E-state index contributed by atoms with van der Waals surface area (Å²) in [6, 6.07) is 12.3. The van der Waals surface area contributed by atoms with Crippen LogP contribution in [0.4, 0.5) is 10.5 Å². The summed E-state index contributed by atoms with van der Waals surface area (Å²) in [6.07, 6.45) is 1.83. The summed E-state index contributed by atoms with van der Waals surface area (Å²) in [6.45, 7) is 0.352. The van der Waals surface area contributed by atoms with Crippen LogP contribution in [0.5, 0.6) is 11.6 Å². The lowest BCUT2D eigenvalue weighted by atomic mass is 10.3. The minimum atomic E-state index is -0.426. The first-order valence-electron chi connectivity index (χ1n) is 6.53. The molecule has 0 unspecified atom stereocenters. The monoisotopic (exact) mass is 283 g/mol. The highest BCUT2D eigenvalue weighted by molar-refractivity contribution is 6.05. The normalized spacial score (nSPS) is 14.8. The summed E-state index contributed by atoms with van der Waals surface area (Å²) in [4.78, 5) is 28.5. The van der Waals surface area contributed by atoms with Crippen molar-refractivity contribution in [2.75, 3.05) is 11.4 Å².